The standard InChI is InChI=1S/C8H12N2O4S2/c1-5(2)9-8(11)7-3-6(4-15-7)16(13,14)10-12/h3-5,10,12H,1-2H3,(H,9,11). The molecule has 16 heavy (non-hydrogen) atoms. The number of rotatable bonds is 4. The molecule has 0 aliphatic carbocycles. The highest BCUT2D eigenvalue weighted by atomic mass is 32.2. The Morgan fingerprint density at radius 1 is 1.50 bits per heavy atom. The molecule has 0 atom stereocenters. The van der Waals surface area contributed by atoms with Crippen molar-refractivity contribution in [3.05, 3.63) is 16.3 Å². The van der Waals surface area contributed by atoms with Crippen LogP contribution in [0.2, 0.25) is 0 Å². The second kappa shape index (κ2) is 4.91. The van der Waals surface area contributed by atoms with E-state index < -0.39 is 10.0 Å². The first-order valence-electron chi connectivity index (χ1n) is 4.42. The fourth-order valence-electron chi connectivity index (χ4n) is 0.965. The Balaban J connectivity index is 2.92. The number of sulfonamides is 1. The fraction of sp³-hybridized carbons (Fsp3) is 0.375. The molecule has 6 nitrogen and oxygen atoms in total. The van der Waals surface area contributed by atoms with E-state index in [-0.39, 0.29) is 21.7 Å². The molecule has 1 heterocycles. The molecule has 0 saturated heterocycles. The van der Waals surface area contributed by atoms with Crippen molar-refractivity contribution >= 4 is 27.3 Å². The van der Waals surface area contributed by atoms with Crippen LogP contribution in [-0.2, 0) is 10.0 Å². The minimum absolute atomic E-state index is 0.0226. The predicted molar refractivity (Wildman–Crippen MR) is 59.0 cm³/mol. The van der Waals surface area contributed by atoms with Crippen molar-refractivity contribution in [1.82, 2.24) is 10.2 Å². The lowest BCUT2D eigenvalue weighted by molar-refractivity contribution is 0.0947. The van der Waals surface area contributed by atoms with Gasteiger partial charge in [0.05, 0.1) is 9.77 Å². The first kappa shape index (κ1) is 13.1. The fourth-order valence-corrected chi connectivity index (χ4v) is 2.74. The second-order valence-corrected chi connectivity index (χ2v) is 5.94. The summed E-state index contributed by atoms with van der Waals surface area (Å²) in [5.74, 6) is -0.334. The van der Waals surface area contributed by atoms with Gasteiger partial charge in [-0.1, -0.05) is 4.89 Å². The molecule has 90 valence electrons. The van der Waals surface area contributed by atoms with E-state index in [4.69, 9.17) is 5.21 Å². The summed E-state index contributed by atoms with van der Waals surface area (Å²) in [6.07, 6.45) is 0. The Hall–Kier alpha value is -0.960. The van der Waals surface area contributed by atoms with Gasteiger partial charge in [0.2, 0.25) is 0 Å². The van der Waals surface area contributed by atoms with Crippen LogP contribution in [0.5, 0.6) is 0 Å². The minimum Gasteiger partial charge on any atom is -0.349 e. The van der Waals surface area contributed by atoms with Crippen LogP contribution in [0.15, 0.2) is 16.3 Å². The Morgan fingerprint density at radius 2 is 2.12 bits per heavy atom. The molecule has 0 spiro atoms. The number of amides is 1. The van der Waals surface area contributed by atoms with E-state index in [9.17, 15) is 13.2 Å². The summed E-state index contributed by atoms with van der Waals surface area (Å²) in [6.45, 7) is 3.61. The molecule has 0 aromatic carbocycles. The van der Waals surface area contributed by atoms with E-state index >= 15 is 0 Å². The number of carbonyl (C=O) groups excluding carboxylic acids is 1. The van der Waals surface area contributed by atoms with E-state index in [2.05, 4.69) is 5.32 Å². The van der Waals surface area contributed by atoms with Gasteiger partial charge in [-0.25, -0.2) is 8.42 Å². The Bertz CT molecular complexity index is 478. The van der Waals surface area contributed by atoms with E-state index in [0.29, 0.717) is 0 Å². The van der Waals surface area contributed by atoms with Gasteiger partial charge in [0.15, 0.2) is 0 Å². The summed E-state index contributed by atoms with van der Waals surface area (Å²) < 4.78 is 22.3. The Morgan fingerprint density at radius 3 is 2.62 bits per heavy atom. The minimum atomic E-state index is -3.90. The van der Waals surface area contributed by atoms with Gasteiger partial charge in [0.25, 0.3) is 15.9 Å². The van der Waals surface area contributed by atoms with Gasteiger partial charge >= 0.3 is 0 Å². The van der Waals surface area contributed by atoms with Crippen LogP contribution in [0.4, 0.5) is 0 Å². The zero-order valence-electron chi connectivity index (χ0n) is 8.72. The lowest BCUT2D eigenvalue weighted by Gasteiger charge is -2.05. The maximum absolute atomic E-state index is 11.5. The summed E-state index contributed by atoms with van der Waals surface area (Å²) in [5.41, 5.74) is 0. The summed E-state index contributed by atoms with van der Waals surface area (Å²) in [6, 6.07) is 1.19. The third kappa shape index (κ3) is 3.01. The van der Waals surface area contributed by atoms with Crippen molar-refractivity contribution in [3.8, 4) is 0 Å². The average molecular weight is 264 g/mol. The lowest BCUT2D eigenvalue weighted by Crippen LogP contribution is -2.29. The van der Waals surface area contributed by atoms with Crippen LogP contribution in [0.25, 0.3) is 0 Å². The molecule has 3 N–H and O–H groups in total. The number of hydrogen-bond acceptors (Lipinski definition) is 5. The van der Waals surface area contributed by atoms with Gasteiger partial charge in [-0.05, 0) is 19.9 Å². The summed E-state index contributed by atoms with van der Waals surface area (Å²) >= 11 is 1.000. The highest BCUT2D eigenvalue weighted by Crippen LogP contribution is 2.18. The van der Waals surface area contributed by atoms with Crippen LogP contribution in [0, 0.1) is 0 Å². The Labute approximate surface area is 97.3 Å². The number of thiophene rings is 1. The molecule has 1 amide bonds. The molecule has 0 fully saturated rings. The van der Waals surface area contributed by atoms with E-state index in [0.717, 1.165) is 11.3 Å². The van der Waals surface area contributed by atoms with Crippen molar-refractivity contribution < 1.29 is 18.4 Å². The maximum Gasteiger partial charge on any atom is 0.263 e. The molecule has 1 aromatic heterocycles. The Kier molecular flexibility index (Phi) is 4.03. The molecular formula is C8H12N2O4S2. The third-order valence-corrected chi connectivity index (χ3v) is 3.82. The maximum atomic E-state index is 11.5. The van der Waals surface area contributed by atoms with Crippen LogP contribution >= 0.6 is 11.3 Å². The zero-order chi connectivity index (χ0) is 12.3. The molecule has 0 saturated carbocycles. The van der Waals surface area contributed by atoms with E-state index in [1.165, 1.54) is 16.3 Å². The lowest BCUT2D eigenvalue weighted by atomic mass is 10.3. The summed E-state index contributed by atoms with van der Waals surface area (Å²) in [7, 11) is -3.90. The SMILES string of the molecule is CC(C)NC(=O)c1cc(S(=O)(=O)NO)cs1. The van der Waals surface area contributed by atoms with Crippen molar-refractivity contribution in [2.24, 2.45) is 0 Å². The van der Waals surface area contributed by atoms with Crippen LogP contribution in [0.1, 0.15) is 23.5 Å². The topological polar surface area (TPSA) is 95.5 Å². The first-order chi connectivity index (χ1) is 7.36. The summed E-state index contributed by atoms with van der Waals surface area (Å²) in [4.78, 5) is 12.9. The second-order valence-electron chi connectivity index (χ2n) is 3.37. The van der Waals surface area contributed by atoms with Gasteiger partial charge in [0, 0.05) is 11.4 Å². The van der Waals surface area contributed by atoms with Crippen molar-refractivity contribution in [1.29, 1.82) is 0 Å². The number of nitrogens with one attached hydrogen (secondary N) is 2. The van der Waals surface area contributed by atoms with E-state index in [1.807, 2.05) is 0 Å². The molecule has 1 aromatic rings. The largest absolute Gasteiger partial charge is 0.349 e. The first-order valence-corrected chi connectivity index (χ1v) is 6.78. The predicted octanol–water partition coefficient (Wildman–Crippen LogP) is 0.554. The smallest absolute Gasteiger partial charge is 0.263 e. The van der Waals surface area contributed by atoms with Gasteiger partial charge < -0.3 is 10.5 Å². The number of hydrogen-bond donors (Lipinski definition) is 3. The molecule has 0 radical (unpaired) electrons. The normalized spacial score (nSPS) is 11.8. The van der Waals surface area contributed by atoms with Crippen molar-refractivity contribution in [3.63, 3.8) is 0 Å². The molecule has 8 heteroatoms. The molecule has 0 unspecified atom stereocenters. The molecule has 0 bridgehead atoms. The zero-order valence-corrected chi connectivity index (χ0v) is 10.4. The highest BCUT2D eigenvalue weighted by Gasteiger charge is 2.18. The van der Waals surface area contributed by atoms with Gasteiger partial charge in [-0.3, -0.25) is 4.79 Å². The monoisotopic (exact) mass is 264 g/mol. The average Bonchev–Trinajstić information content (AvgIpc) is 2.66. The highest BCUT2D eigenvalue weighted by molar-refractivity contribution is 7.89. The van der Waals surface area contributed by atoms with Crippen molar-refractivity contribution in [2.45, 2.75) is 24.8 Å². The van der Waals surface area contributed by atoms with Gasteiger partial charge in [0.1, 0.15) is 0 Å². The molecule has 1 rings (SSSR count). The van der Waals surface area contributed by atoms with Crippen LogP contribution < -0.4 is 10.2 Å². The van der Waals surface area contributed by atoms with Crippen LogP contribution in [0.3, 0.4) is 0 Å². The van der Waals surface area contributed by atoms with Gasteiger partial charge in [-0.15, -0.1) is 11.3 Å². The van der Waals surface area contributed by atoms with E-state index in [1.54, 1.807) is 13.8 Å². The quantitative estimate of drug-likeness (QED) is 0.692. The van der Waals surface area contributed by atoms with Crippen molar-refractivity contribution in [2.75, 3.05) is 0 Å². The van der Waals surface area contributed by atoms with Gasteiger partial charge in [-0.2, -0.15) is 0 Å². The number of carbonyl (C=O) groups is 1. The molecular weight excluding hydrogens is 252 g/mol. The summed E-state index contributed by atoms with van der Waals surface area (Å²) in [5, 5.41) is 12.3. The van der Waals surface area contributed by atoms with Crippen LogP contribution in [-0.4, -0.2) is 25.6 Å². The third-order valence-electron chi connectivity index (χ3n) is 1.65. The molecule has 0 aliphatic heterocycles. The molecule has 0 aliphatic rings.